The molecule has 24 heavy (non-hydrogen) atoms. The predicted octanol–water partition coefficient (Wildman–Crippen LogP) is 1.67. The normalized spacial score (nSPS) is 28.2. The van der Waals surface area contributed by atoms with Crippen LogP contribution in [0.2, 0.25) is 0 Å². The Morgan fingerprint density at radius 1 is 1.38 bits per heavy atom. The average molecular weight is 326 g/mol. The molecular formula is C17H22N6O. The summed E-state index contributed by atoms with van der Waals surface area (Å²) < 4.78 is 1.73. The van der Waals surface area contributed by atoms with Gasteiger partial charge in [-0.3, -0.25) is 4.79 Å². The number of aryl methyl sites for hydroxylation is 1. The van der Waals surface area contributed by atoms with Crippen LogP contribution >= 0.6 is 0 Å². The summed E-state index contributed by atoms with van der Waals surface area (Å²) in [4.78, 5) is 12.7. The first-order chi connectivity index (χ1) is 11.7. The second-order valence-electron chi connectivity index (χ2n) is 6.82. The molecule has 2 fully saturated rings. The topological polar surface area (TPSA) is 98.7 Å². The number of carbonyl (C=O) groups excluding carboxylic acids is 1. The van der Waals surface area contributed by atoms with Crippen molar-refractivity contribution in [2.45, 2.75) is 38.8 Å². The maximum absolute atomic E-state index is 12.7. The number of nitrogens with two attached hydrogens (primary N) is 1. The van der Waals surface area contributed by atoms with E-state index in [0.29, 0.717) is 24.2 Å². The van der Waals surface area contributed by atoms with E-state index in [0.717, 1.165) is 24.1 Å². The molecule has 1 aromatic carbocycles. The number of benzene rings is 1. The van der Waals surface area contributed by atoms with E-state index in [9.17, 15) is 4.79 Å². The van der Waals surface area contributed by atoms with E-state index in [1.54, 1.807) is 4.68 Å². The molecule has 126 valence electrons. The molecule has 2 saturated carbocycles. The van der Waals surface area contributed by atoms with Crippen LogP contribution in [0.3, 0.4) is 0 Å². The van der Waals surface area contributed by atoms with E-state index < -0.39 is 0 Å². The molecule has 2 aliphatic rings. The fourth-order valence-electron chi connectivity index (χ4n) is 4.31. The molecule has 1 heterocycles. The Balaban J connectivity index is 1.53. The Morgan fingerprint density at radius 2 is 2.21 bits per heavy atom. The number of amides is 1. The van der Waals surface area contributed by atoms with Gasteiger partial charge in [-0.25, -0.2) is 4.68 Å². The first kappa shape index (κ1) is 15.3. The lowest BCUT2D eigenvalue weighted by Gasteiger charge is -2.27. The molecule has 0 aliphatic heterocycles. The zero-order valence-electron chi connectivity index (χ0n) is 13.7. The van der Waals surface area contributed by atoms with Gasteiger partial charge in [-0.2, -0.15) is 0 Å². The fraction of sp³-hybridized carbons (Fsp3) is 0.529. The Labute approximate surface area is 140 Å². The zero-order valence-corrected chi connectivity index (χ0v) is 13.7. The van der Waals surface area contributed by atoms with Crippen molar-refractivity contribution in [3.63, 3.8) is 0 Å². The SMILES string of the molecule is CCn1nnnc1-c1cccc(NC(=O)C2C3CCC(C3)C2N)c1. The molecule has 7 heteroatoms. The van der Waals surface area contributed by atoms with Gasteiger partial charge >= 0.3 is 0 Å². The number of rotatable bonds is 4. The highest BCUT2D eigenvalue weighted by atomic mass is 16.2. The molecule has 1 aromatic heterocycles. The minimum absolute atomic E-state index is 0.000627. The number of tetrazole rings is 1. The van der Waals surface area contributed by atoms with Crippen molar-refractivity contribution >= 4 is 11.6 Å². The number of carbonyl (C=O) groups is 1. The monoisotopic (exact) mass is 326 g/mol. The van der Waals surface area contributed by atoms with Gasteiger partial charge in [0.15, 0.2) is 5.82 Å². The summed E-state index contributed by atoms with van der Waals surface area (Å²) >= 11 is 0. The van der Waals surface area contributed by atoms with Crippen molar-refractivity contribution < 1.29 is 4.79 Å². The van der Waals surface area contributed by atoms with Crippen LogP contribution in [0.1, 0.15) is 26.2 Å². The number of aromatic nitrogens is 4. The van der Waals surface area contributed by atoms with Crippen LogP contribution in [0.25, 0.3) is 11.4 Å². The maximum Gasteiger partial charge on any atom is 0.229 e. The van der Waals surface area contributed by atoms with Crippen LogP contribution < -0.4 is 11.1 Å². The molecule has 3 N–H and O–H groups in total. The number of nitrogens with one attached hydrogen (secondary N) is 1. The molecule has 4 unspecified atom stereocenters. The van der Waals surface area contributed by atoms with Gasteiger partial charge in [-0.1, -0.05) is 12.1 Å². The van der Waals surface area contributed by atoms with Crippen molar-refractivity contribution in [3.8, 4) is 11.4 Å². The Hall–Kier alpha value is -2.28. The van der Waals surface area contributed by atoms with Crippen LogP contribution in [0.4, 0.5) is 5.69 Å². The number of nitrogens with zero attached hydrogens (tertiary/aromatic N) is 4. The highest BCUT2D eigenvalue weighted by Crippen LogP contribution is 2.47. The lowest BCUT2D eigenvalue weighted by Crippen LogP contribution is -2.42. The van der Waals surface area contributed by atoms with E-state index in [1.807, 2.05) is 31.2 Å². The van der Waals surface area contributed by atoms with Crippen LogP contribution in [-0.2, 0) is 11.3 Å². The van der Waals surface area contributed by atoms with Crippen molar-refractivity contribution in [1.82, 2.24) is 20.2 Å². The average Bonchev–Trinajstić information content (AvgIpc) is 3.30. The first-order valence-electron chi connectivity index (χ1n) is 8.60. The molecule has 0 spiro atoms. The Morgan fingerprint density at radius 3 is 2.96 bits per heavy atom. The lowest BCUT2D eigenvalue weighted by atomic mass is 9.84. The largest absolute Gasteiger partial charge is 0.327 e. The molecule has 7 nitrogen and oxygen atoms in total. The smallest absolute Gasteiger partial charge is 0.229 e. The van der Waals surface area contributed by atoms with Gasteiger partial charge in [0.25, 0.3) is 0 Å². The zero-order chi connectivity index (χ0) is 16.7. The molecule has 4 rings (SSSR count). The van der Waals surface area contributed by atoms with Gasteiger partial charge < -0.3 is 11.1 Å². The summed E-state index contributed by atoms with van der Waals surface area (Å²) in [6.07, 6.45) is 3.40. The summed E-state index contributed by atoms with van der Waals surface area (Å²) in [5, 5.41) is 14.8. The van der Waals surface area contributed by atoms with E-state index in [2.05, 4.69) is 20.8 Å². The standard InChI is InChI=1S/C17H22N6O/c1-2-23-16(20-21-22-23)12-4-3-5-13(9-12)19-17(24)14-10-6-7-11(8-10)15(14)18/h3-5,9-11,14-15H,2,6-8,18H2,1H3,(H,19,24). The van der Waals surface area contributed by atoms with Crippen molar-refractivity contribution in [1.29, 1.82) is 0 Å². The molecule has 2 aromatic rings. The van der Waals surface area contributed by atoms with E-state index >= 15 is 0 Å². The van der Waals surface area contributed by atoms with Crippen molar-refractivity contribution in [2.75, 3.05) is 5.32 Å². The van der Waals surface area contributed by atoms with Gasteiger partial charge in [0, 0.05) is 23.8 Å². The quantitative estimate of drug-likeness (QED) is 0.890. The Bertz CT molecular complexity index is 755. The number of anilines is 1. The third-order valence-electron chi connectivity index (χ3n) is 5.50. The minimum atomic E-state index is -0.0617. The summed E-state index contributed by atoms with van der Waals surface area (Å²) in [5.74, 6) is 1.65. The molecular weight excluding hydrogens is 304 g/mol. The molecule has 4 atom stereocenters. The van der Waals surface area contributed by atoms with Gasteiger partial charge in [-0.15, -0.1) is 5.10 Å². The number of hydrogen-bond acceptors (Lipinski definition) is 5. The summed E-state index contributed by atoms with van der Waals surface area (Å²) in [5.41, 5.74) is 7.92. The van der Waals surface area contributed by atoms with Crippen LogP contribution in [0, 0.1) is 17.8 Å². The summed E-state index contributed by atoms with van der Waals surface area (Å²) in [6.45, 7) is 2.68. The molecule has 2 bridgehead atoms. The van der Waals surface area contributed by atoms with Crippen molar-refractivity contribution in [3.05, 3.63) is 24.3 Å². The molecule has 1 amide bonds. The van der Waals surface area contributed by atoms with Gasteiger partial charge in [0.1, 0.15) is 0 Å². The second kappa shape index (κ2) is 5.98. The first-order valence-corrected chi connectivity index (χ1v) is 8.60. The molecule has 0 radical (unpaired) electrons. The van der Waals surface area contributed by atoms with E-state index in [4.69, 9.17) is 5.73 Å². The van der Waals surface area contributed by atoms with Gasteiger partial charge in [0.05, 0.1) is 5.92 Å². The lowest BCUT2D eigenvalue weighted by molar-refractivity contribution is -0.121. The second-order valence-corrected chi connectivity index (χ2v) is 6.82. The minimum Gasteiger partial charge on any atom is -0.327 e. The van der Waals surface area contributed by atoms with Crippen LogP contribution in [0.15, 0.2) is 24.3 Å². The fourth-order valence-corrected chi connectivity index (χ4v) is 4.31. The third-order valence-corrected chi connectivity index (χ3v) is 5.50. The molecule has 2 aliphatic carbocycles. The summed E-state index contributed by atoms with van der Waals surface area (Å²) in [6, 6.07) is 7.64. The molecule has 0 saturated heterocycles. The van der Waals surface area contributed by atoms with Gasteiger partial charge in [0.2, 0.25) is 5.91 Å². The van der Waals surface area contributed by atoms with Crippen molar-refractivity contribution in [2.24, 2.45) is 23.5 Å². The summed E-state index contributed by atoms with van der Waals surface area (Å²) in [7, 11) is 0. The Kier molecular flexibility index (Phi) is 3.80. The highest BCUT2D eigenvalue weighted by molar-refractivity contribution is 5.94. The van der Waals surface area contributed by atoms with Crippen LogP contribution in [0.5, 0.6) is 0 Å². The van der Waals surface area contributed by atoms with Crippen LogP contribution in [-0.4, -0.2) is 32.2 Å². The van der Waals surface area contributed by atoms with E-state index in [-0.39, 0.29) is 17.9 Å². The highest BCUT2D eigenvalue weighted by Gasteiger charge is 2.49. The van der Waals surface area contributed by atoms with E-state index in [1.165, 1.54) is 6.42 Å². The maximum atomic E-state index is 12.7. The number of fused-ring (bicyclic) bond motifs is 2. The number of hydrogen-bond donors (Lipinski definition) is 2. The third kappa shape index (κ3) is 2.49. The van der Waals surface area contributed by atoms with Gasteiger partial charge in [-0.05, 0) is 60.6 Å². The predicted molar refractivity (Wildman–Crippen MR) is 89.9 cm³/mol.